The molecule has 0 bridgehead atoms. The number of carbonyl (C=O) groups excluding carboxylic acids is 2. The van der Waals surface area contributed by atoms with Gasteiger partial charge < -0.3 is 0 Å². The number of halogens is 2. The van der Waals surface area contributed by atoms with Gasteiger partial charge in [-0.25, -0.2) is 0 Å². The van der Waals surface area contributed by atoms with E-state index in [9.17, 15) is 9.59 Å². The van der Waals surface area contributed by atoms with Crippen molar-refractivity contribution in [3.05, 3.63) is 64.1 Å². The third-order valence-corrected chi connectivity index (χ3v) is 4.15. The maximum Gasteiger partial charge on any atom is 0.237 e. The van der Waals surface area contributed by atoms with E-state index in [4.69, 9.17) is 23.2 Å². The standard InChI is InChI=1S/C17H13Cl2NO2/c18-13-4-1-3-11(8-13)7-12-9-16(21)20(17(12)22)15-6-2-5-14(19)10-15/h1-6,8,10,12H,7,9H2. The van der Waals surface area contributed by atoms with Gasteiger partial charge in [-0.05, 0) is 42.3 Å². The summed E-state index contributed by atoms with van der Waals surface area (Å²) in [6.07, 6.45) is 0.708. The zero-order valence-corrected chi connectivity index (χ0v) is 13.1. The van der Waals surface area contributed by atoms with Gasteiger partial charge in [-0.2, -0.15) is 0 Å². The van der Waals surface area contributed by atoms with Crippen LogP contribution in [-0.4, -0.2) is 11.8 Å². The highest BCUT2D eigenvalue weighted by Gasteiger charge is 2.39. The van der Waals surface area contributed by atoms with E-state index >= 15 is 0 Å². The number of rotatable bonds is 3. The number of amides is 2. The van der Waals surface area contributed by atoms with Crippen LogP contribution in [0.1, 0.15) is 12.0 Å². The fourth-order valence-electron chi connectivity index (χ4n) is 2.69. The van der Waals surface area contributed by atoms with Gasteiger partial charge in [0, 0.05) is 16.5 Å². The van der Waals surface area contributed by atoms with Crippen molar-refractivity contribution in [2.75, 3.05) is 4.90 Å². The predicted molar refractivity (Wildman–Crippen MR) is 87.2 cm³/mol. The normalized spacial score (nSPS) is 18.1. The third kappa shape index (κ3) is 3.01. The minimum absolute atomic E-state index is 0.188. The highest BCUT2D eigenvalue weighted by Crippen LogP contribution is 2.30. The SMILES string of the molecule is O=C1CC(Cc2cccc(Cl)c2)C(=O)N1c1cccc(Cl)c1. The lowest BCUT2D eigenvalue weighted by Gasteiger charge is -2.15. The molecule has 2 aromatic rings. The van der Waals surface area contributed by atoms with Crippen molar-refractivity contribution < 1.29 is 9.59 Å². The van der Waals surface area contributed by atoms with E-state index in [1.807, 2.05) is 18.2 Å². The van der Waals surface area contributed by atoms with Crippen molar-refractivity contribution >= 4 is 40.7 Å². The first-order chi connectivity index (χ1) is 10.5. The van der Waals surface area contributed by atoms with E-state index in [1.54, 1.807) is 30.3 Å². The zero-order chi connectivity index (χ0) is 15.7. The van der Waals surface area contributed by atoms with E-state index in [1.165, 1.54) is 4.90 Å². The van der Waals surface area contributed by atoms with Crippen molar-refractivity contribution in [2.24, 2.45) is 5.92 Å². The Labute approximate surface area is 138 Å². The van der Waals surface area contributed by atoms with Gasteiger partial charge in [0.2, 0.25) is 11.8 Å². The van der Waals surface area contributed by atoms with Crippen LogP contribution in [0.4, 0.5) is 5.69 Å². The number of anilines is 1. The molecule has 1 atom stereocenters. The highest BCUT2D eigenvalue weighted by molar-refractivity contribution is 6.31. The lowest BCUT2D eigenvalue weighted by Crippen LogP contribution is -2.30. The Morgan fingerprint density at radius 2 is 1.68 bits per heavy atom. The molecule has 1 aliphatic rings. The van der Waals surface area contributed by atoms with E-state index in [0.29, 0.717) is 22.2 Å². The Morgan fingerprint density at radius 1 is 1.00 bits per heavy atom. The molecule has 1 heterocycles. The van der Waals surface area contributed by atoms with Gasteiger partial charge in [0.05, 0.1) is 11.6 Å². The van der Waals surface area contributed by atoms with Crippen LogP contribution >= 0.6 is 23.2 Å². The fourth-order valence-corrected chi connectivity index (χ4v) is 3.09. The van der Waals surface area contributed by atoms with Crippen LogP contribution in [0.3, 0.4) is 0 Å². The lowest BCUT2D eigenvalue weighted by molar-refractivity contribution is -0.122. The molecular formula is C17H13Cl2NO2. The van der Waals surface area contributed by atoms with Crippen LogP contribution in [0.15, 0.2) is 48.5 Å². The molecule has 1 aliphatic heterocycles. The topological polar surface area (TPSA) is 37.4 Å². The molecule has 3 rings (SSSR count). The molecule has 1 saturated heterocycles. The van der Waals surface area contributed by atoms with Crippen LogP contribution in [0.2, 0.25) is 10.0 Å². The van der Waals surface area contributed by atoms with Crippen molar-refractivity contribution in [2.45, 2.75) is 12.8 Å². The number of imide groups is 1. The number of hydrogen-bond donors (Lipinski definition) is 0. The smallest absolute Gasteiger partial charge is 0.237 e. The predicted octanol–water partition coefficient (Wildman–Crippen LogP) is 4.12. The number of benzene rings is 2. The van der Waals surface area contributed by atoms with Crippen LogP contribution in [0, 0.1) is 5.92 Å². The number of nitrogens with zero attached hydrogens (tertiary/aromatic N) is 1. The molecular weight excluding hydrogens is 321 g/mol. The largest absolute Gasteiger partial charge is 0.274 e. The van der Waals surface area contributed by atoms with Gasteiger partial charge in [-0.3, -0.25) is 14.5 Å². The molecule has 5 heteroatoms. The molecule has 2 amide bonds. The summed E-state index contributed by atoms with van der Waals surface area (Å²) in [4.78, 5) is 26.0. The van der Waals surface area contributed by atoms with E-state index in [2.05, 4.69) is 0 Å². The maximum atomic E-state index is 12.5. The minimum atomic E-state index is -0.357. The van der Waals surface area contributed by atoms with Crippen molar-refractivity contribution in [1.82, 2.24) is 0 Å². The highest BCUT2D eigenvalue weighted by atomic mass is 35.5. The summed E-state index contributed by atoms with van der Waals surface area (Å²) < 4.78 is 0. The van der Waals surface area contributed by atoms with Gasteiger partial charge >= 0.3 is 0 Å². The molecule has 0 spiro atoms. The Kier molecular flexibility index (Phi) is 4.19. The Bertz CT molecular complexity index is 745. The quantitative estimate of drug-likeness (QED) is 0.792. The van der Waals surface area contributed by atoms with Gasteiger partial charge in [0.1, 0.15) is 0 Å². The van der Waals surface area contributed by atoms with Gasteiger partial charge in [-0.15, -0.1) is 0 Å². The first-order valence-corrected chi connectivity index (χ1v) is 7.67. The second kappa shape index (κ2) is 6.11. The zero-order valence-electron chi connectivity index (χ0n) is 11.6. The molecule has 3 nitrogen and oxygen atoms in total. The van der Waals surface area contributed by atoms with Gasteiger partial charge in [0.25, 0.3) is 0 Å². The van der Waals surface area contributed by atoms with Crippen molar-refractivity contribution in [1.29, 1.82) is 0 Å². The minimum Gasteiger partial charge on any atom is -0.274 e. The van der Waals surface area contributed by atoms with Crippen LogP contribution in [-0.2, 0) is 16.0 Å². The number of hydrogen-bond acceptors (Lipinski definition) is 2. The third-order valence-electron chi connectivity index (χ3n) is 3.68. The summed E-state index contributed by atoms with van der Waals surface area (Å²) >= 11 is 11.9. The van der Waals surface area contributed by atoms with Crippen LogP contribution in [0.5, 0.6) is 0 Å². The molecule has 0 saturated carbocycles. The van der Waals surface area contributed by atoms with Crippen LogP contribution in [0.25, 0.3) is 0 Å². The maximum absolute atomic E-state index is 12.5. The van der Waals surface area contributed by atoms with Crippen molar-refractivity contribution in [3.8, 4) is 0 Å². The molecule has 112 valence electrons. The van der Waals surface area contributed by atoms with Gasteiger partial charge in [-0.1, -0.05) is 41.4 Å². The Morgan fingerprint density at radius 3 is 2.36 bits per heavy atom. The summed E-state index contributed by atoms with van der Waals surface area (Å²) in [5.74, 6) is -0.739. The van der Waals surface area contributed by atoms with Crippen LogP contribution < -0.4 is 4.90 Å². The molecule has 2 aromatic carbocycles. The monoisotopic (exact) mass is 333 g/mol. The van der Waals surface area contributed by atoms with Gasteiger partial charge in [0.15, 0.2) is 0 Å². The van der Waals surface area contributed by atoms with E-state index < -0.39 is 0 Å². The van der Waals surface area contributed by atoms with E-state index in [-0.39, 0.29) is 24.2 Å². The Hall–Kier alpha value is -1.84. The molecule has 1 unspecified atom stereocenters. The summed E-state index contributed by atoms with van der Waals surface area (Å²) in [5.41, 5.74) is 1.47. The molecule has 22 heavy (non-hydrogen) atoms. The van der Waals surface area contributed by atoms with E-state index in [0.717, 1.165) is 5.56 Å². The average Bonchev–Trinajstić information content (AvgIpc) is 2.73. The molecule has 0 aromatic heterocycles. The summed E-state index contributed by atoms with van der Waals surface area (Å²) in [5, 5.41) is 1.12. The average molecular weight is 334 g/mol. The summed E-state index contributed by atoms with van der Waals surface area (Å²) in [6, 6.07) is 14.1. The Balaban J connectivity index is 1.82. The molecule has 0 aliphatic carbocycles. The first kappa shape index (κ1) is 15.1. The molecule has 0 N–H and O–H groups in total. The number of carbonyl (C=O) groups is 2. The molecule has 1 fully saturated rings. The first-order valence-electron chi connectivity index (χ1n) is 6.91. The lowest BCUT2D eigenvalue weighted by atomic mass is 9.98. The summed E-state index contributed by atoms with van der Waals surface area (Å²) in [7, 11) is 0. The second-order valence-electron chi connectivity index (χ2n) is 5.28. The molecule has 0 radical (unpaired) electrons. The fraction of sp³-hybridized carbons (Fsp3) is 0.176. The second-order valence-corrected chi connectivity index (χ2v) is 6.16. The van der Waals surface area contributed by atoms with Crippen molar-refractivity contribution in [3.63, 3.8) is 0 Å². The summed E-state index contributed by atoms with van der Waals surface area (Å²) in [6.45, 7) is 0.